The largest absolute Gasteiger partial charge is 0.451 e. The van der Waals surface area contributed by atoms with Crippen LogP contribution in [0.1, 0.15) is 41.6 Å². The Hall–Kier alpha value is -2.29. The quantitative estimate of drug-likeness (QED) is 0.730. The van der Waals surface area contributed by atoms with Gasteiger partial charge in [-0.25, -0.2) is 4.79 Å². The summed E-state index contributed by atoms with van der Waals surface area (Å²) < 4.78 is 11.8. The number of esters is 1. The van der Waals surface area contributed by atoms with Gasteiger partial charge in [-0.05, 0) is 35.2 Å². The van der Waals surface area contributed by atoms with E-state index in [9.17, 15) is 4.79 Å². The highest BCUT2D eigenvalue weighted by Crippen LogP contribution is 2.44. The van der Waals surface area contributed by atoms with Crippen molar-refractivity contribution in [2.45, 2.75) is 31.5 Å². The summed E-state index contributed by atoms with van der Waals surface area (Å²) in [7, 11) is 0. The third-order valence-electron chi connectivity index (χ3n) is 4.40. The maximum absolute atomic E-state index is 12.5. The van der Waals surface area contributed by atoms with E-state index in [0.29, 0.717) is 11.3 Å². The van der Waals surface area contributed by atoms with Gasteiger partial charge in [-0.1, -0.05) is 36.9 Å². The van der Waals surface area contributed by atoms with Gasteiger partial charge in [-0.15, -0.1) is 0 Å². The second kappa shape index (κ2) is 4.35. The number of carbonyl (C=O) groups excluding carboxylic acids is 1. The summed E-state index contributed by atoms with van der Waals surface area (Å²) in [6.07, 6.45) is 5.32. The summed E-state index contributed by atoms with van der Waals surface area (Å²) in [6.45, 7) is 3.85. The van der Waals surface area contributed by atoms with Crippen LogP contribution in [-0.4, -0.2) is 11.8 Å². The van der Waals surface area contributed by atoms with Crippen molar-refractivity contribution in [2.75, 3.05) is 0 Å². The number of ether oxygens (including phenoxy) is 2. The molecule has 0 amide bonds. The van der Waals surface area contributed by atoms with Crippen LogP contribution in [0, 0.1) is 0 Å². The van der Waals surface area contributed by atoms with E-state index in [2.05, 4.69) is 6.58 Å². The molecule has 0 bridgehead atoms. The smallest absolute Gasteiger partial charge is 0.345 e. The van der Waals surface area contributed by atoms with E-state index in [1.54, 1.807) is 6.08 Å². The molecule has 0 radical (unpaired) electrons. The van der Waals surface area contributed by atoms with Crippen molar-refractivity contribution in [2.24, 2.45) is 0 Å². The van der Waals surface area contributed by atoms with Crippen LogP contribution in [0.15, 0.2) is 36.9 Å². The Morgan fingerprint density at radius 3 is 2.67 bits per heavy atom. The molecule has 1 spiro atoms. The number of hydrogen-bond acceptors (Lipinski definition) is 3. The fraction of sp³-hybridized carbons (Fsp3) is 0.278. The predicted molar refractivity (Wildman–Crippen MR) is 81.3 cm³/mol. The van der Waals surface area contributed by atoms with Gasteiger partial charge < -0.3 is 9.47 Å². The van der Waals surface area contributed by atoms with Crippen molar-refractivity contribution in [3.63, 3.8) is 0 Å². The molecule has 0 saturated heterocycles. The average molecular weight is 280 g/mol. The van der Waals surface area contributed by atoms with Crippen molar-refractivity contribution < 1.29 is 14.3 Å². The van der Waals surface area contributed by atoms with Crippen molar-refractivity contribution in [3.8, 4) is 5.75 Å². The zero-order valence-corrected chi connectivity index (χ0v) is 11.7. The molecule has 106 valence electrons. The van der Waals surface area contributed by atoms with Gasteiger partial charge in [0.15, 0.2) is 0 Å². The standard InChI is InChI=1S/C18H16O3/c1-2-13-14-8-4-3-7-12(14)11-15-16(13)17(19)21-18(20-15)9-5-6-10-18/h2-4,7-8,11H,1,5-6,9-10H2. The zero-order chi connectivity index (χ0) is 14.4. The van der Waals surface area contributed by atoms with Crippen molar-refractivity contribution >= 4 is 22.8 Å². The Morgan fingerprint density at radius 1 is 1.14 bits per heavy atom. The normalized spacial score (nSPS) is 19.1. The fourth-order valence-electron chi connectivity index (χ4n) is 3.41. The maximum atomic E-state index is 12.5. The lowest BCUT2D eigenvalue weighted by atomic mass is 9.96. The van der Waals surface area contributed by atoms with E-state index in [1.807, 2.05) is 30.3 Å². The Kier molecular flexibility index (Phi) is 2.58. The molecule has 3 nitrogen and oxygen atoms in total. The SMILES string of the molecule is C=Cc1c2c(cc3ccccc13)OC1(CCCC1)OC2=O. The molecule has 2 aromatic rings. The molecule has 1 saturated carbocycles. The molecule has 1 aliphatic heterocycles. The molecule has 2 aromatic carbocycles. The van der Waals surface area contributed by atoms with Gasteiger partial charge in [0.2, 0.25) is 0 Å². The summed E-state index contributed by atoms with van der Waals surface area (Å²) in [5.74, 6) is -0.411. The molecule has 1 aliphatic carbocycles. The summed E-state index contributed by atoms with van der Waals surface area (Å²) >= 11 is 0. The molecule has 1 fully saturated rings. The highest BCUT2D eigenvalue weighted by atomic mass is 16.7. The lowest BCUT2D eigenvalue weighted by Crippen LogP contribution is -2.42. The lowest BCUT2D eigenvalue weighted by molar-refractivity contribution is -0.148. The van der Waals surface area contributed by atoms with Crippen LogP contribution in [0.2, 0.25) is 0 Å². The Bertz CT molecular complexity index is 754. The zero-order valence-electron chi connectivity index (χ0n) is 11.7. The molecule has 1 heterocycles. The average Bonchev–Trinajstić information content (AvgIpc) is 2.92. The number of fused-ring (bicyclic) bond motifs is 2. The van der Waals surface area contributed by atoms with Gasteiger partial charge in [0.25, 0.3) is 5.79 Å². The van der Waals surface area contributed by atoms with E-state index >= 15 is 0 Å². The topological polar surface area (TPSA) is 35.5 Å². The third kappa shape index (κ3) is 1.77. The lowest BCUT2D eigenvalue weighted by Gasteiger charge is -2.35. The molecule has 4 rings (SSSR count). The van der Waals surface area contributed by atoms with Crippen LogP contribution in [0.4, 0.5) is 0 Å². The summed E-state index contributed by atoms with van der Waals surface area (Å²) in [6, 6.07) is 9.88. The first kappa shape index (κ1) is 12.5. The first-order chi connectivity index (χ1) is 10.2. The molecular weight excluding hydrogens is 264 g/mol. The van der Waals surface area contributed by atoms with E-state index < -0.39 is 5.79 Å². The minimum absolute atomic E-state index is 0.293. The molecule has 0 aromatic heterocycles. The maximum Gasteiger partial charge on any atom is 0.345 e. The van der Waals surface area contributed by atoms with Crippen LogP contribution in [-0.2, 0) is 4.74 Å². The fourth-order valence-corrected chi connectivity index (χ4v) is 3.41. The van der Waals surface area contributed by atoms with Gasteiger partial charge >= 0.3 is 5.97 Å². The van der Waals surface area contributed by atoms with Crippen molar-refractivity contribution in [1.29, 1.82) is 0 Å². The molecule has 2 aliphatic rings. The van der Waals surface area contributed by atoms with Gasteiger partial charge in [0.1, 0.15) is 11.3 Å². The van der Waals surface area contributed by atoms with E-state index in [4.69, 9.17) is 9.47 Å². The van der Waals surface area contributed by atoms with Gasteiger partial charge in [-0.3, -0.25) is 0 Å². The van der Waals surface area contributed by atoms with Crippen LogP contribution in [0.5, 0.6) is 5.75 Å². The third-order valence-corrected chi connectivity index (χ3v) is 4.40. The second-order valence-electron chi connectivity index (χ2n) is 5.70. The summed E-state index contributed by atoms with van der Waals surface area (Å²) in [4.78, 5) is 12.5. The first-order valence-corrected chi connectivity index (χ1v) is 7.33. The Balaban J connectivity index is 1.97. The highest BCUT2D eigenvalue weighted by molar-refractivity contribution is 6.06. The number of rotatable bonds is 1. The molecule has 21 heavy (non-hydrogen) atoms. The van der Waals surface area contributed by atoms with Gasteiger partial charge in [-0.2, -0.15) is 0 Å². The molecule has 0 unspecified atom stereocenters. The Labute approximate surface area is 123 Å². The van der Waals surface area contributed by atoms with Crippen LogP contribution in [0.25, 0.3) is 16.8 Å². The van der Waals surface area contributed by atoms with Crippen molar-refractivity contribution in [1.82, 2.24) is 0 Å². The minimum Gasteiger partial charge on any atom is -0.451 e. The van der Waals surface area contributed by atoms with E-state index in [0.717, 1.165) is 42.0 Å². The highest BCUT2D eigenvalue weighted by Gasteiger charge is 2.45. The van der Waals surface area contributed by atoms with Crippen LogP contribution < -0.4 is 4.74 Å². The summed E-state index contributed by atoms with van der Waals surface area (Å²) in [5, 5.41) is 2.04. The van der Waals surface area contributed by atoms with Gasteiger partial charge in [0.05, 0.1) is 0 Å². The minimum atomic E-state index is -0.745. The predicted octanol–water partition coefficient (Wildman–Crippen LogP) is 4.30. The number of hydrogen-bond donors (Lipinski definition) is 0. The molecule has 3 heteroatoms. The molecule has 0 N–H and O–H groups in total. The molecule has 0 atom stereocenters. The Morgan fingerprint density at radius 2 is 1.90 bits per heavy atom. The van der Waals surface area contributed by atoms with E-state index in [-0.39, 0.29) is 5.97 Å². The number of carbonyl (C=O) groups is 1. The first-order valence-electron chi connectivity index (χ1n) is 7.33. The van der Waals surface area contributed by atoms with Gasteiger partial charge in [0, 0.05) is 12.8 Å². The van der Waals surface area contributed by atoms with E-state index in [1.165, 1.54) is 0 Å². The monoisotopic (exact) mass is 280 g/mol. The van der Waals surface area contributed by atoms with Crippen LogP contribution >= 0.6 is 0 Å². The number of benzene rings is 2. The van der Waals surface area contributed by atoms with Crippen molar-refractivity contribution in [3.05, 3.63) is 48.0 Å². The summed E-state index contributed by atoms with van der Waals surface area (Å²) in [5.41, 5.74) is 1.29. The molecular formula is C18H16O3. The van der Waals surface area contributed by atoms with Crippen LogP contribution in [0.3, 0.4) is 0 Å². The second-order valence-corrected chi connectivity index (χ2v) is 5.70.